The van der Waals surface area contributed by atoms with Crippen molar-refractivity contribution in [3.8, 4) is 0 Å². The molecule has 0 aromatic heterocycles. The van der Waals surface area contributed by atoms with E-state index in [1.807, 2.05) is 24.3 Å². The maximum Gasteiger partial charge on any atom is 0.241 e. The number of para-hydroxylation sites is 1. The van der Waals surface area contributed by atoms with Gasteiger partial charge in [0.2, 0.25) is 5.91 Å². The molecule has 2 rings (SSSR count). The van der Waals surface area contributed by atoms with Crippen molar-refractivity contribution in [1.82, 2.24) is 5.32 Å². The lowest BCUT2D eigenvalue weighted by Crippen LogP contribution is -2.45. The van der Waals surface area contributed by atoms with Crippen LogP contribution in [0.15, 0.2) is 24.3 Å². The Kier molecular flexibility index (Phi) is 4.93. The number of hydrogen-bond acceptors (Lipinski definition) is 3. The zero-order chi connectivity index (χ0) is 13.7. The van der Waals surface area contributed by atoms with Crippen molar-refractivity contribution in [2.75, 3.05) is 19.0 Å². The molecule has 1 aliphatic heterocycles. The molecule has 1 amide bonds. The lowest BCUT2D eigenvalue weighted by atomic mass is 9.94. The van der Waals surface area contributed by atoms with Gasteiger partial charge in [-0.1, -0.05) is 25.1 Å². The van der Waals surface area contributed by atoms with Gasteiger partial charge in [-0.2, -0.15) is 0 Å². The van der Waals surface area contributed by atoms with E-state index in [2.05, 4.69) is 17.6 Å². The van der Waals surface area contributed by atoms with Gasteiger partial charge >= 0.3 is 0 Å². The summed E-state index contributed by atoms with van der Waals surface area (Å²) in [6.07, 6.45) is 2.04. The second kappa shape index (κ2) is 6.68. The highest BCUT2D eigenvalue weighted by molar-refractivity contribution is 5.95. The molecule has 1 aromatic carbocycles. The van der Waals surface area contributed by atoms with Crippen LogP contribution in [0.2, 0.25) is 0 Å². The molecular weight excluding hydrogens is 240 g/mol. The standard InChI is InChI=1S/C15H22N2O2/c1-11-7-8-16-14(9-11)15(18)17-13-6-4-3-5-12(13)10-19-2/h3-6,11,14,16H,7-10H2,1-2H3,(H,17,18). The number of anilines is 1. The van der Waals surface area contributed by atoms with Gasteiger partial charge in [-0.15, -0.1) is 0 Å². The van der Waals surface area contributed by atoms with E-state index >= 15 is 0 Å². The first kappa shape index (κ1) is 14.0. The SMILES string of the molecule is COCc1ccccc1NC(=O)C1CC(C)CCN1. The van der Waals surface area contributed by atoms with E-state index in [0.717, 1.165) is 30.6 Å². The molecule has 1 aromatic rings. The molecule has 2 unspecified atom stereocenters. The summed E-state index contributed by atoms with van der Waals surface area (Å²) in [4.78, 5) is 12.3. The van der Waals surface area contributed by atoms with Crippen LogP contribution in [0.25, 0.3) is 0 Å². The van der Waals surface area contributed by atoms with Crippen LogP contribution in [0.4, 0.5) is 5.69 Å². The number of ether oxygens (including phenoxy) is 1. The Labute approximate surface area is 114 Å². The first-order chi connectivity index (χ1) is 9.20. The molecule has 19 heavy (non-hydrogen) atoms. The molecule has 0 aliphatic carbocycles. The van der Waals surface area contributed by atoms with E-state index in [0.29, 0.717) is 12.5 Å². The van der Waals surface area contributed by atoms with Crippen LogP contribution < -0.4 is 10.6 Å². The van der Waals surface area contributed by atoms with Gasteiger partial charge in [0.25, 0.3) is 0 Å². The van der Waals surface area contributed by atoms with Gasteiger partial charge in [-0.05, 0) is 31.4 Å². The van der Waals surface area contributed by atoms with Crippen molar-refractivity contribution in [3.63, 3.8) is 0 Å². The van der Waals surface area contributed by atoms with Gasteiger partial charge in [0.1, 0.15) is 0 Å². The van der Waals surface area contributed by atoms with Crippen molar-refractivity contribution in [1.29, 1.82) is 0 Å². The van der Waals surface area contributed by atoms with Crippen molar-refractivity contribution in [2.45, 2.75) is 32.4 Å². The molecule has 1 heterocycles. The molecule has 4 nitrogen and oxygen atoms in total. The summed E-state index contributed by atoms with van der Waals surface area (Å²) >= 11 is 0. The molecule has 0 saturated carbocycles. The largest absolute Gasteiger partial charge is 0.380 e. The molecule has 0 radical (unpaired) electrons. The van der Waals surface area contributed by atoms with Gasteiger partial charge in [0.05, 0.1) is 12.6 Å². The van der Waals surface area contributed by atoms with Gasteiger partial charge in [0.15, 0.2) is 0 Å². The Bertz CT molecular complexity index is 434. The zero-order valence-corrected chi connectivity index (χ0v) is 11.6. The first-order valence-corrected chi connectivity index (χ1v) is 6.81. The maximum atomic E-state index is 12.3. The number of methoxy groups -OCH3 is 1. The summed E-state index contributed by atoms with van der Waals surface area (Å²) in [5.74, 6) is 0.654. The quantitative estimate of drug-likeness (QED) is 0.874. The second-order valence-electron chi connectivity index (χ2n) is 5.22. The summed E-state index contributed by atoms with van der Waals surface area (Å²) in [6.45, 7) is 3.61. The normalized spacial score (nSPS) is 23.1. The summed E-state index contributed by atoms with van der Waals surface area (Å²) in [5, 5.41) is 6.28. The van der Waals surface area contributed by atoms with Crippen LogP contribution in [0.5, 0.6) is 0 Å². The van der Waals surface area contributed by atoms with Crippen LogP contribution in [-0.4, -0.2) is 25.6 Å². The average molecular weight is 262 g/mol. The van der Waals surface area contributed by atoms with E-state index in [1.54, 1.807) is 7.11 Å². The molecule has 2 atom stereocenters. The number of rotatable bonds is 4. The fourth-order valence-corrected chi connectivity index (χ4v) is 2.45. The van der Waals surface area contributed by atoms with Crippen molar-refractivity contribution in [2.24, 2.45) is 5.92 Å². The van der Waals surface area contributed by atoms with E-state index in [9.17, 15) is 4.79 Å². The summed E-state index contributed by atoms with van der Waals surface area (Å²) in [7, 11) is 1.66. The molecule has 0 spiro atoms. The fraction of sp³-hybridized carbons (Fsp3) is 0.533. The lowest BCUT2D eigenvalue weighted by molar-refractivity contribution is -0.119. The summed E-state index contributed by atoms with van der Waals surface area (Å²) in [6, 6.07) is 7.67. The molecule has 1 fully saturated rings. The highest BCUT2D eigenvalue weighted by Crippen LogP contribution is 2.19. The van der Waals surface area contributed by atoms with Crippen LogP contribution in [0.1, 0.15) is 25.3 Å². The van der Waals surface area contributed by atoms with Crippen molar-refractivity contribution >= 4 is 11.6 Å². The molecule has 1 saturated heterocycles. The Hall–Kier alpha value is -1.39. The third-order valence-electron chi connectivity index (χ3n) is 3.56. The van der Waals surface area contributed by atoms with E-state index in [-0.39, 0.29) is 11.9 Å². The minimum atomic E-state index is -0.0839. The molecule has 1 aliphatic rings. The summed E-state index contributed by atoms with van der Waals surface area (Å²) in [5.41, 5.74) is 1.84. The first-order valence-electron chi connectivity index (χ1n) is 6.81. The minimum Gasteiger partial charge on any atom is -0.380 e. The third kappa shape index (κ3) is 3.78. The van der Waals surface area contributed by atoms with Crippen molar-refractivity contribution < 1.29 is 9.53 Å². The Morgan fingerprint density at radius 1 is 1.47 bits per heavy atom. The van der Waals surface area contributed by atoms with Crippen LogP contribution in [0.3, 0.4) is 0 Å². The predicted octanol–water partition coefficient (Wildman–Crippen LogP) is 2.16. The molecule has 2 N–H and O–H groups in total. The lowest BCUT2D eigenvalue weighted by Gasteiger charge is -2.27. The van der Waals surface area contributed by atoms with Crippen LogP contribution >= 0.6 is 0 Å². The fourth-order valence-electron chi connectivity index (χ4n) is 2.45. The Morgan fingerprint density at radius 2 is 2.26 bits per heavy atom. The predicted molar refractivity (Wildman–Crippen MR) is 76.0 cm³/mol. The summed E-state index contributed by atoms with van der Waals surface area (Å²) < 4.78 is 5.15. The minimum absolute atomic E-state index is 0.0510. The molecular formula is C15H22N2O2. The van der Waals surface area contributed by atoms with Crippen molar-refractivity contribution in [3.05, 3.63) is 29.8 Å². The number of amides is 1. The monoisotopic (exact) mass is 262 g/mol. The number of nitrogens with one attached hydrogen (secondary N) is 2. The highest BCUT2D eigenvalue weighted by Gasteiger charge is 2.24. The molecule has 0 bridgehead atoms. The number of benzene rings is 1. The number of hydrogen-bond donors (Lipinski definition) is 2. The zero-order valence-electron chi connectivity index (χ0n) is 11.6. The third-order valence-corrected chi connectivity index (χ3v) is 3.56. The van der Waals surface area contributed by atoms with E-state index < -0.39 is 0 Å². The van der Waals surface area contributed by atoms with Crippen LogP contribution in [0, 0.1) is 5.92 Å². The second-order valence-corrected chi connectivity index (χ2v) is 5.22. The molecule has 4 heteroatoms. The van der Waals surface area contributed by atoms with Gasteiger partial charge < -0.3 is 15.4 Å². The number of carbonyl (C=O) groups is 1. The topological polar surface area (TPSA) is 50.4 Å². The van der Waals surface area contributed by atoms with Crippen LogP contribution in [-0.2, 0) is 16.1 Å². The van der Waals surface area contributed by atoms with Gasteiger partial charge in [-0.25, -0.2) is 0 Å². The Balaban J connectivity index is 2.02. The smallest absolute Gasteiger partial charge is 0.241 e. The Morgan fingerprint density at radius 3 is 3.00 bits per heavy atom. The highest BCUT2D eigenvalue weighted by atomic mass is 16.5. The van der Waals surface area contributed by atoms with E-state index in [4.69, 9.17) is 4.74 Å². The number of piperidine rings is 1. The van der Waals surface area contributed by atoms with Gasteiger partial charge in [-0.3, -0.25) is 4.79 Å². The average Bonchev–Trinajstić information content (AvgIpc) is 2.41. The van der Waals surface area contributed by atoms with E-state index in [1.165, 1.54) is 0 Å². The number of carbonyl (C=O) groups excluding carboxylic acids is 1. The van der Waals surface area contributed by atoms with Gasteiger partial charge in [0, 0.05) is 18.4 Å². The maximum absolute atomic E-state index is 12.3. The molecule has 104 valence electrons.